The fraction of sp³-hybridized carbons (Fsp3) is 0.333. The lowest BCUT2D eigenvalue weighted by atomic mass is 10.4. The first-order valence-electron chi connectivity index (χ1n) is 4.92. The smallest absolute Gasteiger partial charge is 0.357 e. The van der Waals surface area contributed by atoms with Gasteiger partial charge in [0.05, 0.1) is 0 Å². The Morgan fingerprint density at radius 1 is 1.65 bits per heavy atom. The summed E-state index contributed by atoms with van der Waals surface area (Å²) in [5.41, 5.74) is -0.122. The summed E-state index contributed by atoms with van der Waals surface area (Å²) in [4.78, 5) is 18.3. The number of nitrogens with one attached hydrogen (secondary N) is 1. The number of nitrogens with zero attached hydrogens (tertiary/aromatic N) is 4. The molecule has 0 unspecified atom stereocenters. The minimum Gasteiger partial charge on any atom is -0.476 e. The van der Waals surface area contributed by atoms with Gasteiger partial charge in [0.25, 0.3) is 6.01 Å². The number of oxazole rings is 1. The summed E-state index contributed by atoms with van der Waals surface area (Å²) < 4.78 is 6.53. The number of carboxylic acid groups (broad SMARTS) is 1. The lowest BCUT2D eigenvalue weighted by molar-refractivity contribution is 0.0690. The summed E-state index contributed by atoms with van der Waals surface area (Å²) in [5.74, 6) is -0.418. The molecule has 0 radical (unpaired) electrons. The Bertz CT molecular complexity index is 518. The minimum atomic E-state index is -1.12. The normalized spacial score (nSPS) is 10.4. The molecule has 8 nitrogen and oxygen atoms in total. The SMILES string of the molecule is Cn1cnc(CCNc2nc(C(=O)O)co2)n1. The second kappa shape index (κ2) is 4.64. The van der Waals surface area contributed by atoms with E-state index in [-0.39, 0.29) is 11.7 Å². The van der Waals surface area contributed by atoms with Crippen molar-refractivity contribution < 1.29 is 14.3 Å². The van der Waals surface area contributed by atoms with Gasteiger partial charge in [0.1, 0.15) is 12.6 Å². The summed E-state index contributed by atoms with van der Waals surface area (Å²) in [6.07, 6.45) is 3.30. The number of anilines is 1. The highest BCUT2D eigenvalue weighted by atomic mass is 16.4. The molecule has 0 amide bonds. The third kappa shape index (κ3) is 2.80. The van der Waals surface area contributed by atoms with E-state index in [1.54, 1.807) is 18.1 Å². The highest BCUT2D eigenvalue weighted by Gasteiger charge is 2.09. The lowest BCUT2D eigenvalue weighted by Gasteiger charge is -1.97. The molecule has 0 bridgehead atoms. The average molecular weight is 237 g/mol. The maximum atomic E-state index is 10.5. The van der Waals surface area contributed by atoms with Crippen LogP contribution in [-0.4, -0.2) is 37.4 Å². The molecule has 0 aliphatic carbocycles. The van der Waals surface area contributed by atoms with E-state index in [9.17, 15) is 4.79 Å². The Balaban J connectivity index is 1.83. The van der Waals surface area contributed by atoms with Crippen LogP contribution in [0, 0.1) is 0 Å². The maximum Gasteiger partial charge on any atom is 0.357 e. The maximum absolute atomic E-state index is 10.5. The summed E-state index contributed by atoms with van der Waals surface area (Å²) in [6, 6.07) is 0.179. The van der Waals surface area contributed by atoms with Gasteiger partial charge in [0.2, 0.25) is 0 Å². The van der Waals surface area contributed by atoms with E-state index >= 15 is 0 Å². The molecule has 2 heterocycles. The molecule has 0 aliphatic heterocycles. The summed E-state index contributed by atoms with van der Waals surface area (Å²) >= 11 is 0. The number of aromatic nitrogens is 4. The molecule has 0 saturated carbocycles. The van der Waals surface area contributed by atoms with Gasteiger partial charge >= 0.3 is 5.97 Å². The lowest BCUT2D eigenvalue weighted by Crippen LogP contribution is -2.07. The molecule has 0 aliphatic rings. The van der Waals surface area contributed by atoms with Gasteiger partial charge in [-0.3, -0.25) is 4.68 Å². The molecule has 0 atom stereocenters. The standard InChI is InChI=1S/C9H11N5O3/c1-14-5-11-7(13-14)2-3-10-9-12-6(4-17-9)8(15)16/h4-5H,2-3H2,1H3,(H,10,12)(H,15,16). The van der Waals surface area contributed by atoms with Gasteiger partial charge in [-0.1, -0.05) is 0 Å². The molecular formula is C9H11N5O3. The van der Waals surface area contributed by atoms with Crippen LogP contribution in [-0.2, 0) is 13.5 Å². The third-order valence-electron chi connectivity index (χ3n) is 2.00. The Labute approximate surface area is 96.3 Å². The van der Waals surface area contributed by atoms with Crippen molar-refractivity contribution in [2.75, 3.05) is 11.9 Å². The Morgan fingerprint density at radius 2 is 2.47 bits per heavy atom. The summed E-state index contributed by atoms with van der Waals surface area (Å²) in [5, 5.41) is 15.6. The van der Waals surface area contributed by atoms with E-state index in [1.807, 2.05) is 0 Å². The van der Waals surface area contributed by atoms with Crippen LogP contribution in [0.3, 0.4) is 0 Å². The monoisotopic (exact) mass is 237 g/mol. The van der Waals surface area contributed by atoms with E-state index in [0.29, 0.717) is 18.8 Å². The van der Waals surface area contributed by atoms with Crippen LogP contribution < -0.4 is 5.32 Å². The number of aromatic carboxylic acids is 1. The van der Waals surface area contributed by atoms with Crippen LogP contribution >= 0.6 is 0 Å². The first-order valence-corrected chi connectivity index (χ1v) is 4.92. The highest BCUT2D eigenvalue weighted by molar-refractivity contribution is 5.85. The quantitative estimate of drug-likeness (QED) is 0.762. The van der Waals surface area contributed by atoms with E-state index in [4.69, 9.17) is 9.52 Å². The van der Waals surface area contributed by atoms with E-state index in [2.05, 4.69) is 20.4 Å². The Kier molecular flexibility index (Phi) is 3.03. The van der Waals surface area contributed by atoms with Gasteiger partial charge < -0.3 is 14.8 Å². The van der Waals surface area contributed by atoms with Crippen molar-refractivity contribution in [3.05, 3.63) is 24.1 Å². The molecule has 8 heteroatoms. The fourth-order valence-corrected chi connectivity index (χ4v) is 1.23. The van der Waals surface area contributed by atoms with Crippen LogP contribution in [0.15, 0.2) is 17.0 Å². The zero-order valence-electron chi connectivity index (χ0n) is 9.12. The summed E-state index contributed by atoms with van der Waals surface area (Å²) in [7, 11) is 1.79. The molecule has 2 N–H and O–H groups in total. The highest BCUT2D eigenvalue weighted by Crippen LogP contribution is 2.07. The van der Waals surface area contributed by atoms with Crippen molar-refractivity contribution in [1.29, 1.82) is 0 Å². The molecule has 2 aromatic rings. The molecule has 0 aromatic carbocycles. The van der Waals surface area contributed by atoms with E-state index < -0.39 is 5.97 Å². The summed E-state index contributed by atoms with van der Waals surface area (Å²) in [6.45, 7) is 0.517. The van der Waals surface area contributed by atoms with Gasteiger partial charge in [-0.25, -0.2) is 9.78 Å². The molecule has 0 saturated heterocycles. The average Bonchev–Trinajstić information content (AvgIpc) is 2.88. The van der Waals surface area contributed by atoms with Crippen molar-refractivity contribution in [3.63, 3.8) is 0 Å². The third-order valence-corrected chi connectivity index (χ3v) is 2.00. The van der Waals surface area contributed by atoms with Gasteiger partial charge in [0.15, 0.2) is 11.5 Å². The van der Waals surface area contributed by atoms with Gasteiger partial charge in [0, 0.05) is 20.0 Å². The molecule has 2 aromatic heterocycles. The number of hydrogen-bond donors (Lipinski definition) is 2. The van der Waals surface area contributed by atoms with Crippen LogP contribution in [0.5, 0.6) is 0 Å². The molecule has 2 rings (SSSR count). The van der Waals surface area contributed by atoms with Crippen molar-refractivity contribution in [1.82, 2.24) is 19.7 Å². The number of aryl methyl sites for hydroxylation is 1. The van der Waals surface area contributed by atoms with Gasteiger partial charge in [-0.05, 0) is 0 Å². The first kappa shape index (κ1) is 11.1. The van der Waals surface area contributed by atoms with Crippen LogP contribution in [0.4, 0.5) is 6.01 Å². The van der Waals surface area contributed by atoms with Crippen LogP contribution in [0.1, 0.15) is 16.3 Å². The van der Waals surface area contributed by atoms with Crippen molar-refractivity contribution in [2.24, 2.45) is 7.05 Å². The largest absolute Gasteiger partial charge is 0.476 e. The van der Waals surface area contributed by atoms with Crippen molar-refractivity contribution in [3.8, 4) is 0 Å². The van der Waals surface area contributed by atoms with Crippen LogP contribution in [0.25, 0.3) is 0 Å². The Hall–Kier alpha value is -2.38. The number of hydrogen-bond acceptors (Lipinski definition) is 6. The predicted molar refractivity (Wildman–Crippen MR) is 56.7 cm³/mol. The number of carboxylic acids is 1. The van der Waals surface area contributed by atoms with Gasteiger partial charge in [-0.15, -0.1) is 0 Å². The zero-order valence-corrected chi connectivity index (χ0v) is 9.12. The second-order valence-corrected chi connectivity index (χ2v) is 3.35. The molecule has 17 heavy (non-hydrogen) atoms. The van der Waals surface area contributed by atoms with Crippen LogP contribution in [0.2, 0.25) is 0 Å². The second-order valence-electron chi connectivity index (χ2n) is 3.35. The number of carbonyl (C=O) groups is 1. The Morgan fingerprint density at radius 3 is 3.06 bits per heavy atom. The molecule has 0 fully saturated rings. The molecule has 90 valence electrons. The number of rotatable bonds is 5. The fourth-order valence-electron chi connectivity index (χ4n) is 1.23. The zero-order chi connectivity index (χ0) is 12.3. The minimum absolute atomic E-state index is 0.122. The van der Waals surface area contributed by atoms with Gasteiger partial charge in [-0.2, -0.15) is 10.1 Å². The van der Waals surface area contributed by atoms with E-state index in [0.717, 1.165) is 6.26 Å². The molecule has 0 spiro atoms. The predicted octanol–water partition coefficient (Wildman–Crippen LogP) is 0.156. The van der Waals surface area contributed by atoms with Crippen molar-refractivity contribution in [2.45, 2.75) is 6.42 Å². The van der Waals surface area contributed by atoms with E-state index in [1.165, 1.54) is 0 Å². The first-order chi connectivity index (χ1) is 8.15. The topological polar surface area (TPSA) is 106 Å². The van der Waals surface area contributed by atoms with Crippen molar-refractivity contribution >= 4 is 12.0 Å². The molecular weight excluding hydrogens is 226 g/mol.